The van der Waals surface area contributed by atoms with E-state index >= 15 is 0 Å². The fourth-order valence-corrected chi connectivity index (χ4v) is 2.73. The highest BCUT2D eigenvalue weighted by molar-refractivity contribution is 14.1. The molecule has 3 heteroatoms. The quantitative estimate of drug-likeness (QED) is 0.831. The van der Waals surface area contributed by atoms with E-state index in [9.17, 15) is 5.11 Å². The Morgan fingerprint density at radius 3 is 2.69 bits per heavy atom. The van der Waals surface area contributed by atoms with Crippen molar-refractivity contribution in [2.45, 2.75) is 31.8 Å². The minimum Gasteiger partial charge on any atom is -0.396 e. The first-order chi connectivity index (χ1) is 7.79. The molecule has 0 spiro atoms. The predicted molar refractivity (Wildman–Crippen MR) is 74.2 cm³/mol. The molecule has 1 aromatic carbocycles. The van der Waals surface area contributed by atoms with Crippen LogP contribution in [0.1, 0.15) is 24.8 Å². The smallest absolute Gasteiger partial charge is 0.0474 e. The largest absolute Gasteiger partial charge is 0.396 e. The molecule has 2 unspecified atom stereocenters. The molecule has 2 N–H and O–H groups in total. The first-order valence-corrected chi connectivity index (χ1v) is 6.96. The molecule has 1 aliphatic rings. The lowest BCUT2D eigenvalue weighted by Crippen LogP contribution is -2.33. The van der Waals surface area contributed by atoms with E-state index in [1.807, 2.05) is 0 Å². The summed E-state index contributed by atoms with van der Waals surface area (Å²) < 4.78 is 1.27. The van der Waals surface area contributed by atoms with Gasteiger partial charge in [0, 0.05) is 22.8 Å². The van der Waals surface area contributed by atoms with Gasteiger partial charge in [-0.15, -0.1) is 0 Å². The number of halogens is 1. The summed E-state index contributed by atoms with van der Waals surface area (Å²) in [6, 6.07) is 9.10. The molecule has 88 valence electrons. The van der Waals surface area contributed by atoms with Gasteiger partial charge in [-0.05, 0) is 59.0 Å². The molecule has 2 atom stereocenters. The lowest BCUT2D eigenvalue weighted by atomic mass is 10.0. The van der Waals surface area contributed by atoms with Crippen molar-refractivity contribution >= 4 is 22.6 Å². The number of hydrogen-bond acceptors (Lipinski definition) is 2. The molecule has 0 heterocycles. The number of rotatable bonds is 4. The second-order valence-corrected chi connectivity index (χ2v) is 5.73. The van der Waals surface area contributed by atoms with Crippen LogP contribution in [0.4, 0.5) is 0 Å². The topological polar surface area (TPSA) is 32.3 Å². The Kier molecular flexibility index (Phi) is 4.61. The maximum atomic E-state index is 9.23. The highest BCUT2D eigenvalue weighted by Gasteiger charge is 2.25. The minimum absolute atomic E-state index is 0.324. The van der Waals surface area contributed by atoms with Crippen LogP contribution in [0.15, 0.2) is 24.3 Å². The molecule has 0 bridgehead atoms. The average molecular weight is 331 g/mol. The fourth-order valence-electron chi connectivity index (χ4n) is 2.38. The van der Waals surface area contributed by atoms with Crippen LogP contribution in [0.3, 0.4) is 0 Å². The number of benzene rings is 1. The van der Waals surface area contributed by atoms with Crippen LogP contribution >= 0.6 is 22.6 Å². The van der Waals surface area contributed by atoms with Gasteiger partial charge in [0.1, 0.15) is 0 Å². The maximum Gasteiger partial charge on any atom is 0.0474 e. The summed E-state index contributed by atoms with van der Waals surface area (Å²) in [6.45, 7) is 1.24. The Bertz CT molecular complexity index is 325. The average Bonchev–Trinajstić information content (AvgIpc) is 2.76. The molecule has 0 radical (unpaired) electrons. The molecule has 1 aromatic rings. The van der Waals surface area contributed by atoms with E-state index < -0.39 is 0 Å². The lowest BCUT2D eigenvalue weighted by Gasteiger charge is -2.19. The second kappa shape index (κ2) is 5.98. The van der Waals surface area contributed by atoms with Crippen LogP contribution in [0.2, 0.25) is 0 Å². The van der Waals surface area contributed by atoms with Crippen molar-refractivity contribution in [3.8, 4) is 0 Å². The van der Waals surface area contributed by atoms with Gasteiger partial charge in [0.25, 0.3) is 0 Å². The van der Waals surface area contributed by atoms with Crippen LogP contribution in [0.5, 0.6) is 0 Å². The summed E-state index contributed by atoms with van der Waals surface area (Å²) in [5.74, 6) is 0.462. The lowest BCUT2D eigenvalue weighted by molar-refractivity contribution is 0.205. The third-order valence-electron chi connectivity index (χ3n) is 3.38. The standard InChI is InChI=1S/C13H18INO/c14-12-6-4-10(5-7-12)8-15-13-3-1-2-11(13)9-16/h4-7,11,13,15-16H,1-3,8-9H2. The van der Waals surface area contributed by atoms with Crippen molar-refractivity contribution in [3.05, 3.63) is 33.4 Å². The van der Waals surface area contributed by atoms with Gasteiger partial charge in [0.05, 0.1) is 0 Å². The number of nitrogens with one attached hydrogen (secondary N) is 1. The van der Waals surface area contributed by atoms with E-state index in [2.05, 4.69) is 52.2 Å². The van der Waals surface area contributed by atoms with Gasteiger partial charge in [-0.1, -0.05) is 18.6 Å². The highest BCUT2D eigenvalue weighted by atomic mass is 127. The van der Waals surface area contributed by atoms with Crippen LogP contribution in [0.25, 0.3) is 0 Å². The van der Waals surface area contributed by atoms with Crippen LogP contribution in [-0.2, 0) is 6.54 Å². The van der Waals surface area contributed by atoms with Gasteiger partial charge < -0.3 is 10.4 Å². The first kappa shape index (κ1) is 12.3. The molecule has 0 aliphatic heterocycles. The minimum atomic E-state index is 0.324. The van der Waals surface area contributed by atoms with E-state index in [-0.39, 0.29) is 0 Å². The summed E-state index contributed by atoms with van der Waals surface area (Å²) >= 11 is 2.32. The summed E-state index contributed by atoms with van der Waals surface area (Å²) in [5.41, 5.74) is 1.32. The van der Waals surface area contributed by atoms with E-state index in [0.717, 1.165) is 6.54 Å². The molecule has 0 amide bonds. The number of aliphatic hydroxyl groups excluding tert-OH is 1. The molecule has 2 rings (SSSR count). The zero-order valence-corrected chi connectivity index (χ0v) is 11.5. The van der Waals surface area contributed by atoms with Crippen molar-refractivity contribution in [2.75, 3.05) is 6.61 Å². The molecular weight excluding hydrogens is 313 g/mol. The van der Waals surface area contributed by atoms with Crippen molar-refractivity contribution in [1.29, 1.82) is 0 Å². The Balaban J connectivity index is 1.85. The van der Waals surface area contributed by atoms with E-state index in [1.165, 1.54) is 28.4 Å². The molecule has 1 aliphatic carbocycles. The molecule has 0 saturated heterocycles. The van der Waals surface area contributed by atoms with Gasteiger partial charge >= 0.3 is 0 Å². The molecule has 16 heavy (non-hydrogen) atoms. The second-order valence-electron chi connectivity index (χ2n) is 4.49. The summed E-state index contributed by atoms with van der Waals surface area (Å²) in [4.78, 5) is 0. The van der Waals surface area contributed by atoms with E-state index in [1.54, 1.807) is 0 Å². The Morgan fingerprint density at radius 2 is 2.00 bits per heavy atom. The van der Waals surface area contributed by atoms with Crippen molar-refractivity contribution < 1.29 is 5.11 Å². The van der Waals surface area contributed by atoms with E-state index in [0.29, 0.717) is 18.6 Å². The van der Waals surface area contributed by atoms with Crippen LogP contribution in [0, 0.1) is 9.49 Å². The maximum absolute atomic E-state index is 9.23. The number of hydrogen-bond donors (Lipinski definition) is 2. The van der Waals surface area contributed by atoms with Gasteiger partial charge in [-0.3, -0.25) is 0 Å². The Labute approximate surface area is 111 Å². The zero-order valence-electron chi connectivity index (χ0n) is 9.32. The van der Waals surface area contributed by atoms with Gasteiger partial charge in [0.2, 0.25) is 0 Å². The first-order valence-electron chi connectivity index (χ1n) is 5.88. The van der Waals surface area contributed by atoms with Crippen molar-refractivity contribution in [1.82, 2.24) is 5.32 Å². The Morgan fingerprint density at radius 1 is 1.25 bits per heavy atom. The molecular formula is C13H18INO. The monoisotopic (exact) mass is 331 g/mol. The third kappa shape index (κ3) is 3.18. The van der Waals surface area contributed by atoms with Gasteiger partial charge in [-0.25, -0.2) is 0 Å². The van der Waals surface area contributed by atoms with Crippen molar-refractivity contribution in [3.63, 3.8) is 0 Å². The fraction of sp³-hybridized carbons (Fsp3) is 0.538. The van der Waals surface area contributed by atoms with Gasteiger partial charge in [0.15, 0.2) is 0 Å². The highest BCUT2D eigenvalue weighted by Crippen LogP contribution is 2.25. The normalized spacial score (nSPS) is 24.9. The third-order valence-corrected chi connectivity index (χ3v) is 4.09. The summed E-state index contributed by atoms with van der Waals surface area (Å²) in [7, 11) is 0. The predicted octanol–water partition coefficient (Wildman–Crippen LogP) is 2.54. The van der Waals surface area contributed by atoms with E-state index in [4.69, 9.17) is 0 Å². The molecule has 1 fully saturated rings. The molecule has 2 nitrogen and oxygen atoms in total. The molecule has 1 saturated carbocycles. The number of aliphatic hydroxyl groups is 1. The molecule has 0 aromatic heterocycles. The SMILES string of the molecule is OCC1CCCC1NCc1ccc(I)cc1. The summed E-state index contributed by atoms with van der Waals surface area (Å²) in [5, 5.41) is 12.8. The van der Waals surface area contributed by atoms with Crippen LogP contribution in [-0.4, -0.2) is 17.8 Å². The van der Waals surface area contributed by atoms with Crippen molar-refractivity contribution in [2.24, 2.45) is 5.92 Å². The Hall–Kier alpha value is -0.130. The summed E-state index contributed by atoms with van der Waals surface area (Å²) in [6.07, 6.45) is 3.62. The zero-order chi connectivity index (χ0) is 11.4. The van der Waals surface area contributed by atoms with Gasteiger partial charge in [-0.2, -0.15) is 0 Å². The van der Waals surface area contributed by atoms with Crippen LogP contribution < -0.4 is 5.32 Å².